The molecule has 0 aromatic carbocycles. The van der Waals surface area contributed by atoms with E-state index in [2.05, 4.69) is 9.97 Å². The first-order chi connectivity index (χ1) is 7.86. The molecule has 0 aliphatic carbocycles. The molecule has 3 heteroatoms. The standard InChI is InChI=1S/C13H10N2O/c16-13(12-5-8-14-9-6-12)4-3-11-2-1-7-15-10-11/h1-10H. The Bertz CT molecular complexity index is 492. The summed E-state index contributed by atoms with van der Waals surface area (Å²) in [5.41, 5.74) is 1.54. The molecule has 2 heterocycles. The third-order valence-corrected chi connectivity index (χ3v) is 2.08. The summed E-state index contributed by atoms with van der Waals surface area (Å²) in [5.74, 6) is -0.0359. The van der Waals surface area contributed by atoms with Crippen molar-refractivity contribution in [2.24, 2.45) is 0 Å². The van der Waals surface area contributed by atoms with Crippen LogP contribution in [0.4, 0.5) is 0 Å². The predicted molar refractivity (Wildman–Crippen MR) is 61.8 cm³/mol. The van der Waals surface area contributed by atoms with Gasteiger partial charge in [-0.25, -0.2) is 0 Å². The van der Waals surface area contributed by atoms with Crippen LogP contribution in [-0.4, -0.2) is 15.8 Å². The molecule has 0 bridgehead atoms. The average molecular weight is 210 g/mol. The number of allylic oxidation sites excluding steroid dienone is 1. The Balaban J connectivity index is 2.12. The van der Waals surface area contributed by atoms with Gasteiger partial charge in [0.15, 0.2) is 5.78 Å². The molecule has 0 radical (unpaired) electrons. The van der Waals surface area contributed by atoms with E-state index in [0.29, 0.717) is 5.56 Å². The van der Waals surface area contributed by atoms with Gasteiger partial charge in [0, 0.05) is 30.4 Å². The molecule has 0 fully saturated rings. The molecule has 0 amide bonds. The second-order valence-electron chi connectivity index (χ2n) is 3.22. The van der Waals surface area contributed by atoms with Crippen LogP contribution in [0.15, 0.2) is 55.1 Å². The van der Waals surface area contributed by atoms with Crippen molar-refractivity contribution in [1.29, 1.82) is 0 Å². The Morgan fingerprint density at radius 1 is 1.06 bits per heavy atom. The Morgan fingerprint density at radius 3 is 2.56 bits per heavy atom. The summed E-state index contributed by atoms with van der Waals surface area (Å²) in [6, 6.07) is 7.10. The van der Waals surface area contributed by atoms with Crippen molar-refractivity contribution in [1.82, 2.24) is 9.97 Å². The SMILES string of the molecule is O=C(C=Cc1cccnc1)c1ccncc1. The van der Waals surface area contributed by atoms with Gasteiger partial charge in [0.2, 0.25) is 0 Å². The van der Waals surface area contributed by atoms with Crippen LogP contribution in [0.2, 0.25) is 0 Å². The molecule has 0 saturated heterocycles. The van der Waals surface area contributed by atoms with Crippen LogP contribution in [0.5, 0.6) is 0 Å². The largest absolute Gasteiger partial charge is 0.289 e. The number of hydrogen-bond acceptors (Lipinski definition) is 3. The molecular weight excluding hydrogens is 200 g/mol. The third kappa shape index (κ3) is 2.60. The van der Waals surface area contributed by atoms with Crippen molar-refractivity contribution in [3.05, 3.63) is 66.3 Å². The highest BCUT2D eigenvalue weighted by atomic mass is 16.1. The lowest BCUT2D eigenvalue weighted by atomic mass is 10.1. The topological polar surface area (TPSA) is 42.9 Å². The molecule has 78 valence electrons. The summed E-state index contributed by atoms with van der Waals surface area (Å²) >= 11 is 0. The van der Waals surface area contributed by atoms with Gasteiger partial charge in [-0.15, -0.1) is 0 Å². The van der Waals surface area contributed by atoms with Crippen LogP contribution in [0.25, 0.3) is 6.08 Å². The molecule has 0 saturated carbocycles. The van der Waals surface area contributed by atoms with Gasteiger partial charge < -0.3 is 0 Å². The molecule has 0 unspecified atom stereocenters. The molecular formula is C13H10N2O. The summed E-state index contributed by atoms with van der Waals surface area (Å²) in [4.78, 5) is 19.5. The fourth-order valence-corrected chi connectivity index (χ4v) is 1.26. The molecule has 2 aromatic rings. The van der Waals surface area contributed by atoms with Crippen molar-refractivity contribution >= 4 is 11.9 Å². The molecule has 0 aliphatic heterocycles. The molecule has 2 rings (SSSR count). The van der Waals surface area contributed by atoms with Gasteiger partial charge in [-0.2, -0.15) is 0 Å². The van der Waals surface area contributed by atoms with E-state index in [-0.39, 0.29) is 5.78 Å². The highest BCUT2D eigenvalue weighted by Gasteiger charge is 1.99. The fraction of sp³-hybridized carbons (Fsp3) is 0. The number of pyridine rings is 2. The zero-order chi connectivity index (χ0) is 11.2. The van der Waals surface area contributed by atoms with Gasteiger partial charge in [-0.1, -0.05) is 6.07 Å². The summed E-state index contributed by atoms with van der Waals surface area (Å²) in [6.45, 7) is 0. The quantitative estimate of drug-likeness (QED) is 0.577. The number of aromatic nitrogens is 2. The fourth-order valence-electron chi connectivity index (χ4n) is 1.26. The molecule has 0 spiro atoms. The first kappa shape index (κ1) is 10.2. The van der Waals surface area contributed by atoms with Crippen LogP contribution < -0.4 is 0 Å². The molecule has 2 aromatic heterocycles. The van der Waals surface area contributed by atoms with Gasteiger partial charge in [-0.05, 0) is 35.9 Å². The smallest absolute Gasteiger partial charge is 0.185 e. The van der Waals surface area contributed by atoms with E-state index in [1.165, 1.54) is 6.08 Å². The zero-order valence-electron chi connectivity index (χ0n) is 8.58. The van der Waals surface area contributed by atoms with E-state index in [4.69, 9.17) is 0 Å². The second-order valence-corrected chi connectivity index (χ2v) is 3.22. The monoisotopic (exact) mass is 210 g/mol. The number of hydrogen-bond donors (Lipinski definition) is 0. The Hall–Kier alpha value is -2.29. The molecule has 0 atom stereocenters. The lowest BCUT2D eigenvalue weighted by Crippen LogP contribution is -1.93. The molecule has 3 nitrogen and oxygen atoms in total. The Kier molecular flexibility index (Phi) is 3.18. The normalized spacial score (nSPS) is 10.5. The summed E-state index contributed by atoms with van der Waals surface area (Å²) in [7, 11) is 0. The first-order valence-corrected chi connectivity index (χ1v) is 4.89. The van der Waals surface area contributed by atoms with E-state index < -0.39 is 0 Å². The number of carbonyl (C=O) groups is 1. The number of ketones is 1. The average Bonchev–Trinajstić information content (AvgIpc) is 2.38. The lowest BCUT2D eigenvalue weighted by molar-refractivity contribution is 0.104. The van der Waals surface area contributed by atoms with E-state index in [9.17, 15) is 4.79 Å². The summed E-state index contributed by atoms with van der Waals surface area (Å²) < 4.78 is 0. The van der Waals surface area contributed by atoms with Crippen LogP contribution in [0.1, 0.15) is 15.9 Å². The van der Waals surface area contributed by atoms with E-state index in [1.54, 1.807) is 43.0 Å². The van der Waals surface area contributed by atoms with Gasteiger partial charge in [0.05, 0.1) is 0 Å². The van der Waals surface area contributed by atoms with E-state index >= 15 is 0 Å². The van der Waals surface area contributed by atoms with E-state index in [0.717, 1.165) is 5.56 Å². The third-order valence-electron chi connectivity index (χ3n) is 2.08. The number of nitrogens with zero attached hydrogens (tertiary/aromatic N) is 2. The highest BCUT2D eigenvalue weighted by molar-refractivity contribution is 6.06. The maximum absolute atomic E-state index is 11.7. The van der Waals surface area contributed by atoms with Crippen LogP contribution in [0.3, 0.4) is 0 Å². The first-order valence-electron chi connectivity index (χ1n) is 4.89. The van der Waals surface area contributed by atoms with Crippen molar-refractivity contribution in [3.8, 4) is 0 Å². The summed E-state index contributed by atoms with van der Waals surface area (Å²) in [6.07, 6.45) is 9.89. The van der Waals surface area contributed by atoms with Crippen molar-refractivity contribution in [2.45, 2.75) is 0 Å². The van der Waals surface area contributed by atoms with Crippen molar-refractivity contribution in [3.63, 3.8) is 0 Å². The van der Waals surface area contributed by atoms with Gasteiger partial charge in [-0.3, -0.25) is 14.8 Å². The molecule has 0 aliphatic rings. The minimum atomic E-state index is -0.0359. The second kappa shape index (κ2) is 4.98. The highest BCUT2D eigenvalue weighted by Crippen LogP contribution is 2.03. The predicted octanol–water partition coefficient (Wildman–Crippen LogP) is 2.37. The van der Waals surface area contributed by atoms with Gasteiger partial charge in [0.25, 0.3) is 0 Å². The van der Waals surface area contributed by atoms with Crippen LogP contribution in [-0.2, 0) is 0 Å². The van der Waals surface area contributed by atoms with Crippen LogP contribution >= 0.6 is 0 Å². The zero-order valence-corrected chi connectivity index (χ0v) is 8.58. The Morgan fingerprint density at radius 2 is 1.88 bits per heavy atom. The van der Waals surface area contributed by atoms with Crippen LogP contribution in [0, 0.1) is 0 Å². The summed E-state index contributed by atoms with van der Waals surface area (Å²) in [5, 5.41) is 0. The number of rotatable bonds is 3. The maximum Gasteiger partial charge on any atom is 0.185 e. The molecule has 16 heavy (non-hydrogen) atoms. The van der Waals surface area contributed by atoms with Gasteiger partial charge in [0.1, 0.15) is 0 Å². The van der Waals surface area contributed by atoms with Crippen molar-refractivity contribution < 1.29 is 4.79 Å². The minimum absolute atomic E-state index is 0.0359. The maximum atomic E-state index is 11.7. The Labute approximate surface area is 93.5 Å². The van der Waals surface area contributed by atoms with E-state index in [1.807, 2.05) is 12.1 Å². The minimum Gasteiger partial charge on any atom is -0.289 e. The lowest BCUT2D eigenvalue weighted by Gasteiger charge is -1.93. The number of carbonyl (C=O) groups excluding carboxylic acids is 1. The van der Waals surface area contributed by atoms with Crippen molar-refractivity contribution in [2.75, 3.05) is 0 Å². The molecule has 0 N–H and O–H groups in total. The van der Waals surface area contributed by atoms with Gasteiger partial charge >= 0.3 is 0 Å².